The van der Waals surface area contributed by atoms with Gasteiger partial charge in [-0.2, -0.15) is 0 Å². The predicted molar refractivity (Wildman–Crippen MR) is 88.0 cm³/mol. The van der Waals surface area contributed by atoms with Gasteiger partial charge in [0.2, 0.25) is 0 Å². The molecule has 1 unspecified atom stereocenters. The molecule has 0 spiro atoms. The molecule has 23 heavy (non-hydrogen) atoms. The van der Waals surface area contributed by atoms with Gasteiger partial charge in [-0.25, -0.2) is 0 Å². The van der Waals surface area contributed by atoms with E-state index in [1.54, 1.807) is 24.5 Å². The molecule has 120 valence electrons. The first-order valence-corrected chi connectivity index (χ1v) is 7.87. The van der Waals surface area contributed by atoms with E-state index in [1.165, 1.54) is 5.56 Å². The lowest BCUT2D eigenvalue weighted by atomic mass is 10.2. The first-order chi connectivity index (χ1) is 11.3. The molecule has 0 bridgehead atoms. The van der Waals surface area contributed by atoms with Crippen LogP contribution in [0.2, 0.25) is 0 Å². The maximum atomic E-state index is 12.0. The predicted octanol–water partition coefficient (Wildman–Crippen LogP) is 1.71. The average molecular weight is 311 g/mol. The molecule has 3 rings (SSSR count). The molecule has 2 heterocycles. The van der Waals surface area contributed by atoms with Gasteiger partial charge in [-0.3, -0.25) is 14.7 Å². The van der Waals surface area contributed by atoms with E-state index >= 15 is 0 Å². The Morgan fingerprint density at radius 1 is 1.26 bits per heavy atom. The van der Waals surface area contributed by atoms with Crippen LogP contribution in [0.4, 0.5) is 0 Å². The molecule has 0 radical (unpaired) electrons. The highest BCUT2D eigenvalue weighted by Crippen LogP contribution is 2.10. The number of carbonyl (C=O) groups is 1. The molecule has 5 heteroatoms. The third-order valence-corrected chi connectivity index (χ3v) is 3.89. The van der Waals surface area contributed by atoms with Gasteiger partial charge in [0.1, 0.15) is 0 Å². The zero-order chi connectivity index (χ0) is 15.9. The SMILES string of the molecule is O=C(NCC1CN(Cc2ccccc2)CCO1)c1cccnc1. The zero-order valence-corrected chi connectivity index (χ0v) is 13.0. The van der Waals surface area contributed by atoms with Crippen molar-refractivity contribution in [2.75, 3.05) is 26.2 Å². The summed E-state index contributed by atoms with van der Waals surface area (Å²) in [5.74, 6) is -0.109. The van der Waals surface area contributed by atoms with Crippen LogP contribution >= 0.6 is 0 Å². The summed E-state index contributed by atoms with van der Waals surface area (Å²) in [5.41, 5.74) is 1.87. The largest absolute Gasteiger partial charge is 0.374 e. The van der Waals surface area contributed by atoms with Crippen LogP contribution < -0.4 is 5.32 Å². The van der Waals surface area contributed by atoms with Crippen molar-refractivity contribution in [3.05, 3.63) is 66.0 Å². The minimum Gasteiger partial charge on any atom is -0.374 e. The average Bonchev–Trinajstić information content (AvgIpc) is 2.62. The van der Waals surface area contributed by atoms with E-state index in [9.17, 15) is 4.79 Å². The summed E-state index contributed by atoms with van der Waals surface area (Å²) in [6.45, 7) is 3.86. The summed E-state index contributed by atoms with van der Waals surface area (Å²) in [6, 6.07) is 13.9. The van der Waals surface area contributed by atoms with Crippen molar-refractivity contribution in [3.63, 3.8) is 0 Å². The van der Waals surface area contributed by atoms with Crippen LogP contribution in [-0.4, -0.2) is 48.1 Å². The fourth-order valence-corrected chi connectivity index (χ4v) is 2.69. The highest BCUT2D eigenvalue weighted by Gasteiger charge is 2.21. The summed E-state index contributed by atoms with van der Waals surface area (Å²) in [5, 5.41) is 2.92. The Bertz CT molecular complexity index is 619. The normalized spacial score (nSPS) is 18.5. The number of pyridine rings is 1. The van der Waals surface area contributed by atoms with Gasteiger partial charge in [0.25, 0.3) is 5.91 Å². The van der Waals surface area contributed by atoms with Crippen molar-refractivity contribution in [2.45, 2.75) is 12.6 Å². The summed E-state index contributed by atoms with van der Waals surface area (Å²) in [6.07, 6.45) is 3.24. The topological polar surface area (TPSA) is 54.5 Å². The molecule has 1 aromatic carbocycles. The van der Waals surface area contributed by atoms with Crippen LogP contribution in [0, 0.1) is 0 Å². The molecular weight excluding hydrogens is 290 g/mol. The van der Waals surface area contributed by atoms with Gasteiger partial charge in [-0.05, 0) is 17.7 Å². The summed E-state index contributed by atoms with van der Waals surface area (Å²) in [7, 11) is 0. The second-order valence-corrected chi connectivity index (χ2v) is 5.67. The van der Waals surface area contributed by atoms with Crippen molar-refractivity contribution >= 4 is 5.91 Å². The standard InChI is InChI=1S/C18H21N3O2/c22-18(16-7-4-8-19-11-16)20-12-17-14-21(9-10-23-17)13-15-5-2-1-3-6-15/h1-8,11,17H,9-10,12-14H2,(H,20,22). The van der Waals surface area contributed by atoms with E-state index in [-0.39, 0.29) is 12.0 Å². The number of benzene rings is 1. The number of morpholine rings is 1. The number of hydrogen-bond donors (Lipinski definition) is 1. The number of hydrogen-bond acceptors (Lipinski definition) is 4. The number of carbonyl (C=O) groups excluding carboxylic acids is 1. The molecule has 1 atom stereocenters. The number of rotatable bonds is 5. The number of aromatic nitrogens is 1. The van der Waals surface area contributed by atoms with Crippen LogP contribution in [-0.2, 0) is 11.3 Å². The Hall–Kier alpha value is -2.24. The highest BCUT2D eigenvalue weighted by atomic mass is 16.5. The number of amides is 1. The second-order valence-electron chi connectivity index (χ2n) is 5.67. The minimum absolute atomic E-state index is 0.0214. The highest BCUT2D eigenvalue weighted by molar-refractivity contribution is 5.93. The van der Waals surface area contributed by atoms with Crippen molar-refractivity contribution < 1.29 is 9.53 Å². The molecule has 0 saturated carbocycles. The number of nitrogens with one attached hydrogen (secondary N) is 1. The van der Waals surface area contributed by atoms with Gasteiger partial charge in [-0.15, -0.1) is 0 Å². The Kier molecular flexibility index (Phi) is 5.34. The summed E-state index contributed by atoms with van der Waals surface area (Å²) >= 11 is 0. The zero-order valence-electron chi connectivity index (χ0n) is 13.0. The van der Waals surface area contributed by atoms with E-state index in [0.29, 0.717) is 18.7 Å². The number of nitrogens with zero attached hydrogens (tertiary/aromatic N) is 2. The first kappa shape index (κ1) is 15.6. The molecule has 2 aromatic rings. The van der Waals surface area contributed by atoms with E-state index in [2.05, 4.69) is 39.5 Å². The second kappa shape index (κ2) is 7.85. The van der Waals surface area contributed by atoms with Gasteiger partial charge in [0, 0.05) is 38.6 Å². The van der Waals surface area contributed by atoms with E-state index < -0.39 is 0 Å². The molecule has 1 saturated heterocycles. The van der Waals surface area contributed by atoms with E-state index in [1.807, 2.05) is 6.07 Å². The van der Waals surface area contributed by atoms with Crippen LogP contribution in [0.3, 0.4) is 0 Å². The van der Waals surface area contributed by atoms with Crippen LogP contribution in [0.15, 0.2) is 54.9 Å². The lowest BCUT2D eigenvalue weighted by Crippen LogP contribution is -2.47. The molecule has 1 amide bonds. The molecule has 1 aliphatic rings. The van der Waals surface area contributed by atoms with Gasteiger partial charge in [-0.1, -0.05) is 30.3 Å². The Balaban J connectivity index is 1.48. The van der Waals surface area contributed by atoms with Gasteiger partial charge in [0.05, 0.1) is 18.3 Å². The Morgan fingerprint density at radius 2 is 2.13 bits per heavy atom. The van der Waals surface area contributed by atoms with E-state index in [0.717, 1.165) is 19.6 Å². The molecular formula is C18H21N3O2. The monoisotopic (exact) mass is 311 g/mol. The Labute approximate surface area is 136 Å². The van der Waals surface area contributed by atoms with Crippen molar-refractivity contribution in [1.82, 2.24) is 15.2 Å². The lowest BCUT2D eigenvalue weighted by molar-refractivity contribution is -0.0292. The fraction of sp³-hybridized carbons (Fsp3) is 0.333. The molecule has 5 nitrogen and oxygen atoms in total. The lowest BCUT2D eigenvalue weighted by Gasteiger charge is -2.33. The van der Waals surface area contributed by atoms with Gasteiger partial charge < -0.3 is 10.1 Å². The smallest absolute Gasteiger partial charge is 0.252 e. The third-order valence-electron chi connectivity index (χ3n) is 3.89. The summed E-state index contributed by atoms with van der Waals surface area (Å²) < 4.78 is 5.76. The number of ether oxygens (including phenoxy) is 1. The van der Waals surface area contributed by atoms with Crippen molar-refractivity contribution in [1.29, 1.82) is 0 Å². The maximum Gasteiger partial charge on any atom is 0.252 e. The van der Waals surface area contributed by atoms with Crippen LogP contribution in [0.25, 0.3) is 0 Å². The van der Waals surface area contributed by atoms with Crippen LogP contribution in [0.5, 0.6) is 0 Å². The Morgan fingerprint density at radius 3 is 2.91 bits per heavy atom. The quantitative estimate of drug-likeness (QED) is 0.913. The molecule has 1 N–H and O–H groups in total. The molecule has 1 aliphatic heterocycles. The first-order valence-electron chi connectivity index (χ1n) is 7.87. The minimum atomic E-state index is -0.109. The molecule has 1 aromatic heterocycles. The van der Waals surface area contributed by atoms with E-state index in [4.69, 9.17) is 4.74 Å². The van der Waals surface area contributed by atoms with Gasteiger partial charge >= 0.3 is 0 Å². The molecule has 0 aliphatic carbocycles. The van der Waals surface area contributed by atoms with Crippen LogP contribution in [0.1, 0.15) is 15.9 Å². The fourth-order valence-electron chi connectivity index (χ4n) is 2.69. The van der Waals surface area contributed by atoms with Crippen molar-refractivity contribution in [3.8, 4) is 0 Å². The molecule has 1 fully saturated rings. The van der Waals surface area contributed by atoms with Crippen molar-refractivity contribution in [2.24, 2.45) is 0 Å². The third kappa shape index (κ3) is 4.61. The van der Waals surface area contributed by atoms with Gasteiger partial charge in [0.15, 0.2) is 0 Å². The summed E-state index contributed by atoms with van der Waals surface area (Å²) in [4.78, 5) is 18.4. The maximum absolute atomic E-state index is 12.0.